The SMILES string of the molecule is CCCCCCCCOCCSCC(=O)Nc1c(C)ccc(S(=O)(=O)Nc2ccc(NNC=O)cc2)c1C. The van der Waals surface area contributed by atoms with Crippen molar-refractivity contribution < 1.29 is 22.7 Å². The van der Waals surface area contributed by atoms with Crippen molar-refractivity contribution in [3.63, 3.8) is 0 Å². The molecule has 2 aromatic carbocycles. The van der Waals surface area contributed by atoms with Gasteiger partial charge in [0.15, 0.2) is 0 Å². The number of rotatable bonds is 19. The van der Waals surface area contributed by atoms with Gasteiger partial charge in [0.1, 0.15) is 0 Å². The summed E-state index contributed by atoms with van der Waals surface area (Å²) < 4.78 is 34.4. The summed E-state index contributed by atoms with van der Waals surface area (Å²) in [5.41, 5.74) is 7.66. The molecule has 4 N–H and O–H groups in total. The van der Waals surface area contributed by atoms with Crippen LogP contribution in [0.5, 0.6) is 0 Å². The maximum absolute atomic E-state index is 13.1. The van der Waals surface area contributed by atoms with E-state index in [1.807, 2.05) is 6.92 Å². The molecule has 210 valence electrons. The van der Waals surface area contributed by atoms with E-state index in [1.54, 1.807) is 37.3 Å². The van der Waals surface area contributed by atoms with Crippen molar-refractivity contribution >= 4 is 51.2 Å². The van der Waals surface area contributed by atoms with Crippen LogP contribution in [0.15, 0.2) is 41.3 Å². The van der Waals surface area contributed by atoms with Gasteiger partial charge in [-0.05, 0) is 61.7 Å². The summed E-state index contributed by atoms with van der Waals surface area (Å²) in [6.45, 7) is 7.08. The zero-order valence-electron chi connectivity index (χ0n) is 22.5. The van der Waals surface area contributed by atoms with Gasteiger partial charge in [-0.3, -0.25) is 25.2 Å². The first-order chi connectivity index (χ1) is 18.3. The molecule has 38 heavy (non-hydrogen) atoms. The van der Waals surface area contributed by atoms with Crippen LogP contribution in [-0.2, 0) is 24.3 Å². The Morgan fingerprint density at radius 1 is 0.947 bits per heavy atom. The van der Waals surface area contributed by atoms with Gasteiger partial charge in [0, 0.05) is 23.7 Å². The van der Waals surface area contributed by atoms with Crippen molar-refractivity contribution in [2.75, 3.05) is 40.2 Å². The predicted molar refractivity (Wildman–Crippen MR) is 156 cm³/mol. The van der Waals surface area contributed by atoms with E-state index in [-0.39, 0.29) is 16.6 Å². The van der Waals surface area contributed by atoms with Gasteiger partial charge >= 0.3 is 0 Å². The van der Waals surface area contributed by atoms with Crippen LogP contribution in [0.2, 0.25) is 0 Å². The molecule has 0 saturated heterocycles. The lowest BCUT2D eigenvalue weighted by molar-refractivity contribution is -0.114. The second-order valence-electron chi connectivity index (χ2n) is 8.93. The highest BCUT2D eigenvalue weighted by atomic mass is 32.2. The molecule has 0 aliphatic heterocycles. The quantitative estimate of drug-likeness (QED) is 0.105. The van der Waals surface area contributed by atoms with E-state index in [4.69, 9.17) is 4.74 Å². The molecule has 2 aromatic rings. The molecule has 11 heteroatoms. The van der Waals surface area contributed by atoms with E-state index in [0.717, 1.165) is 24.3 Å². The van der Waals surface area contributed by atoms with Crippen LogP contribution in [0.3, 0.4) is 0 Å². The van der Waals surface area contributed by atoms with E-state index in [0.29, 0.717) is 35.6 Å². The maximum Gasteiger partial charge on any atom is 0.262 e. The van der Waals surface area contributed by atoms with Gasteiger partial charge in [0.2, 0.25) is 12.3 Å². The fraction of sp³-hybridized carbons (Fsp3) is 0.481. The number of aryl methyl sites for hydroxylation is 1. The Morgan fingerprint density at radius 3 is 2.34 bits per heavy atom. The van der Waals surface area contributed by atoms with Crippen LogP contribution >= 0.6 is 11.8 Å². The summed E-state index contributed by atoms with van der Waals surface area (Å²) in [6, 6.07) is 9.61. The van der Waals surface area contributed by atoms with Crippen LogP contribution in [0.1, 0.15) is 56.6 Å². The zero-order valence-corrected chi connectivity index (χ0v) is 24.1. The van der Waals surface area contributed by atoms with E-state index < -0.39 is 10.0 Å². The highest BCUT2D eigenvalue weighted by molar-refractivity contribution is 7.99. The van der Waals surface area contributed by atoms with Gasteiger partial charge in [0.05, 0.1) is 22.9 Å². The average Bonchev–Trinajstić information content (AvgIpc) is 2.89. The number of carbonyl (C=O) groups is 2. The number of nitrogens with one attached hydrogen (secondary N) is 4. The Labute approximate surface area is 230 Å². The molecule has 0 aromatic heterocycles. The number of hydrogen-bond acceptors (Lipinski definition) is 7. The number of ether oxygens (including phenoxy) is 1. The summed E-state index contributed by atoms with van der Waals surface area (Å²) in [4.78, 5) is 23.0. The third-order valence-corrected chi connectivity index (χ3v) is 8.28. The van der Waals surface area contributed by atoms with E-state index in [1.165, 1.54) is 49.9 Å². The van der Waals surface area contributed by atoms with Gasteiger partial charge in [-0.2, -0.15) is 0 Å². The monoisotopic (exact) mass is 564 g/mol. The van der Waals surface area contributed by atoms with Crippen LogP contribution in [-0.4, -0.2) is 45.5 Å². The number of hydrazine groups is 1. The fourth-order valence-corrected chi connectivity index (χ4v) is 5.75. The Hall–Kier alpha value is -2.76. The number of hydrogen-bond donors (Lipinski definition) is 4. The molecule has 0 spiro atoms. The summed E-state index contributed by atoms with van der Waals surface area (Å²) in [5.74, 6) is 0.791. The molecule has 2 rings (SSSR count). The number of carbonyl (C=O) groups excluding carboxylic acids is 2. The number of amides is 2. The van der Waals surface area contributed by atoms with Gasteiger partial charge in [-0.25, -0.2) is 8.42 Å². The van der Waals surface area contributed by atoms with Crippen molar-refractivity contribution in [2.45, 2.75) is 64.2 Å². The standard InChI is InChI=1S/C27H40N4O5S2/c1-4-5-6-7-8-9-16-36-17-18-37-19-26(33)29-27-21(2)10-15-25(22(27)3)38(34,35)31-24-13-11-23(12-14-24)30-28-20-32/h10-15,20,30-31H,4-9,16-19H2,1-3H3,(H,28,32)(H,29,33). The molecular formula is C27H40N4O5S2. The number of benzene rings is 2. The second-order valence-corrected chi connectivity index (χ2v) is 11.7. The molecule has 0 fully saturated rings. The minimum absolute atomic E-state index is 0.0824. The van der Waals surface area contributed by atoms with Crippen molar-refractivity contribution in [3.8, 4) is 0 Å². The molecule has 0 aliphatic rings. The molecule has 0 radical (unpaired) electrons. The topological polar surface area (TPSA) is 126 Å². The fourth-order valence-electron chi connectivity index (χ4n) is 3.80. The van der Waals surface area contributed by atoms with Gasteiger partial charge in [-0.1, -0.05) is 45.1 Å². The van der Waals surface area contributed by atoms with Crippen LogP contribution < -0.4 is 20.9 Å². The first kappa shape index (κ1) is 31.5. The molecule has 0 heterocycles. The molecule has 0 unspecified atom stereocenters. The highest BCUT2D eigenvalue weighted by Gasteiger charge is 2.21. The minimum Gasteiger partial charge on any atom is -0.381 e. The largest absolute Gasteiger partial charge is 0.381 e. The van der Waals surface area contributed by atoms with Crippen molar-refractivity contribution in [1.29, 1.82) is 0 Å². The number of thioether (sulfide) groups is 1. The molecule has 2 amide bonds. The summed E-state index contributed by atoms with van der Waals surface area (Å²) in [5, 5.41) is 2.88. The Morgan fingerprint density at radius 2 is 1.63 bits per heavy atom. The third kappa shape index (κ3) is 10.9. The number of anilines is 3. The van der Waals surface area contributed by atoms with Gasteiger partial charge in [-0.15, -0.1) is 11.8 Å². The summed E-state index contributed by atoms with van der Waals surface area (Å²) >= 11 is 1.49. The van der Waals surface area contributed by atoms with E-state index in [2.05, 4.69) is 27.8 Å². The van der Waals surface area contributed by atoms with Gasteiger partial charge in [0.25, 0.3) is 10.0 Å². The second kappa shape index (κ2) is 17.0. The Balaban J connectivity index is 1.85. The van der Waals surface area contributed by atoms with Crippen molar-refractivity contribution in [1.82, 2.24) is 5.43 Å². The maximum atomic E-state index is 13.1. The van der Waals surface area contributed by atoms with Crippen molar-refractivity contribution in [3.05, 3.63) is 47.5 Å². The Bertz CT molecular complexity index is 1130. The predicted octanol–water partition coefficient (Wildman–Crippen LogP) is 5.23. The molecule has 0 aliphatic carbocycles. The third-order valence-electron chi connectivity index (χ3n) is 5.84. The molecule has 0 bridgehead atoms. The average molecular weight is 565 g/mol. The van der Waals surface area contributed by atoms with Crippen LogP contribution in [0, 0.1) is 13.8 Å². The first-order valence-corrected chi connectivity index (χ1v) is 15.6. The summed E-state index contributed by atoms with van der Waals surface area (Å²) in [6.07, 6.45) is 7.86. The summed E-state index contributed by atoms with van der Waals surface area (Å²) in [7, 11) is -3.90. The molecular weight excluding hydrogens is 524 g/mol. The first-order valence-electron chi connectivity index (χ1n) is 12.9. The molecule has 0 atom stereocenters. The smallest absolute Gasteiger partial charge is 0.262 e. The molecule has 9 nitrogen and oxygen atoms in total. The van der Waals surface area contributed by atoms with E-state index >= 15 is 0 Å². The zero-order chi connectivity index (χ0) is 27.8. The minimum atomic E-state index is -3.90. The normalized spacial score (nSPS) is 11.1. The Kier molecular flexibility index (Phi) is 14.0. The lowest BCUT2D eigenvalue weighted by Gasteiger charge is -2.17. The lowest BCUT2D eigenvalue weighted by Crippen LogP contribution is -2.20. The number of sulfonamides is 1. The lowest BCUT2D eigenvalue weighted by atomic mass is 10.1. The van der Waals surface area contributed by atoms with Gasteiger partial charge < -0.3 is 10.1 Å². The van der Waals surface area contributed by atoms with Crippen LogP contribution in [0.25, 0.3) is 0 Å². The van der Waals surface area contributed by atoms with E-state index in [9.17, 15) is 18.0 Å². The molecule has 0 saturated carbocycles. The highest BCUT2D eigenvalue weighted by Crippen LogP contribution is 2.28. The van der Waals surface area contributed by atoms with Crippen LogP contribution in [0.4, 0.5) is 17.1 Å². The van der Waals surface area contributed by atoms with Crippen molar-refractivity contribution in [2.24, 2.45) is 0 Å². The number of unbranched alkanes of at least 4 members (excludes halogenated alkanes) is 5.